The SMILES string of the molecule is Cc1ccc(C23C[C@@H]4C[C@@H](CC(O)(C4)C2)C3)cc1N. The van der Waals surface area contributed by atoms with Crippen LogP contribution in [0.25, 0.3) is 0 Å². The van der Waals surface area contributed by atoms with E-state index in [1.54, 1.807) is 0 Å². The largest absolute Gasteiger partial charge is 0.399 e. The Hall–Kier alpha value is -1.02. The molecule has 4 saturated carbocycles. The smallest absolute Gasteiger partial charge is 0.0661 e. The summed E-state index contributed by atoms with van der Waals surface area (Å²) in [5.74, 6) is 1.46. The Morgan fingerprint density at radius 3 is 2.42 bits per heavy atom. The van der Waals surface area contributed by atoms with E-state index in [2.05, 4.69) is 25.1 Å². The lowest BCUT2D eigenvalue weighted by molar-refractivity contribution is -0.136. The molecule has 0 aromatic heterocycles. The van der Waals surface area contributed by atoms with E-state index in [9.17, 15) is 5.11 Å². The van der Waals surface area contributed by atoms with Gasteiger partial charge in [0.2, 0.25) is 0 Å². The summed E-state index contributed by atoms with van der Waals surface area (Å²) in [6, 6.07) is 6.57. The van der Waals surface area contributed by atoms with E-state index < -0.39 is 0 Å². The van der Waals surface area contributed by atoms with Crippen LogP contribution in [0.4, 0.5) is 5.69 Å². The number of anilines is 1. The third kappa shape index (κ3) is 1.66. The zero-order chi connectivity index (χ0) is 13.3. The highest BCUT2D eigenvalue weighted by Gasteiger charge is 2.57. The van der Waals surface area contributed by atoms with Gasteiger partial charge in [-0.1, -0.05) is 12.1 Å². The van der Waals surface area contributed by atoms with Gasteiger partial charge in [0, 0.05) is 5.69 Å². The molecular formula is C17H23NO. The molecule has 5 rings (SSSR count). The molecule has 0 saturated heterocycles. The van der Waals surface area contributed by atoms with Crippen LogP contribution >= 0.6 is 0 Å². The molecule has 1 aromatic rings. The van der Waals surface area contributed by atoms with Crippen LogP contribution in [0.3, 0.4) is 0 Å². The van der Waals surface area contributed by atoms with Gasteiger partial charge in [-0.15, -0.1) is 0 Å². The summed E-state index contributed by atoms with van der Waals surface area (Å²) in [5, 5.41) is 10.8. The molecule has 4 bridgehead atoms. The van der Waals surface area contributed by atoms with E-state index in [1.807, 2.05) is 0 Å². The zero-order valence-corrected chi connectivity index (χ0v) is 11.7. The monoisotopic (exact) mass is 257 g/mol. The Morgan fingerprint density at radius 1 is 1.16 bits per heavy atom. The van der Waals surface area contributed by atoms with Crippen molar-refractivity contribution in [3.63, 3.8) is 0 Å². The van der Waals surface area contributed by atoms with Gasteiger partial charge in [0.1, 0.15) is 0 Å². The van der Waals surface area contributed by atoms with Crippen molar-refractivity contribution < 1.29 is 5.11 Å². The number of aryl methyl sites for hydroxylation is 1. The quantitative estimate of drug-likeness (QED) is 0.759. The predicted molar refractivity (Wildman–Crippen MR) is 76.9 cm³/mol. The second-order valence-corrected chi connectivity index (χ2v) is 7.54. The number of hydrogen-bond acceptors (Lipinski definition) is 2. The van der Waals surface area contributed by atoms with Gasteiger partial charge in [0.15, 0.2) is 0 Å². The molecule has 0 amide bonds. The van der Waals surface area contributed by atoms with Gasteiger partial charge in [0.05, 0.1) is 5.60 Å². The van der Waals surface area contributed by atoms with Crippen LogP contribution in [0.1, 0.15) is 49.7 Å². The Morgan fingerprint density at radius 2 is 1.84 bits per heavy atom. The first-order valence-corrected chi connectivity index (χ1v) is 7.57. The summed E-state index contributed by atoms with van der Waals surface area (Å²) >= 11 is 0. The van der Waals surface area contributed by atoms with E-state index in [1.165, 1.54) is 24.8 Å². The van der Waals surface area contributed by atoms with Crippen molar-refractivity contribution in [2.45, 2.75) is 56.5 Å². The van der Waals surface area contributed by atoms with Gasteiger partial charge in [-0.05, 0) is 79.9 Å². The minimum atomic E-state index is -0.385. The average Bonchev–Trinajstić information content (AvgIpc) is 2.29. The van der Waals surface area contributed by atoms with Crippen molar-refractivity contribution in [2.24, 2.45) is 11.8 Å². The zero-order valence-electron chi connectivity index (χ0n) is 11.7. The third-order valence-corrected chi connectivity index (χ3v) is 5.92. The third-order valence-electron chi connectivity index (χ3n) is 5.92. The van der Waals surface area contributed by atoms with Crippen molar-refractivity contribution in [1.82, 2.24) is 0 Å². The van der Waals surface area contributed by atoms with E-state index in [0.29, 0.717) is 0 Å². The van der Waals surface area contributed by atoms with Crippen molar-refractivity contribution in [2.75, 3.05) is 5.73 Å². The predicted octanol–water partition coefficient (Wildman–Crippen LogP) is 3.16. The minimum absolute atomic E-state index is 0.209. The molecule has 2 nitrogen and oxygen atoms in total. The molecule has 3 N–H and O–H groups in total. The van der Waals surface area contributed by atoms with E-state index in [4.69, 9.17) is 5.73 Å². The Labute approximate surface area is 115 Å². The molecular weight excluding hydrogens is 234 g/mol. The number of aliphatic hydroxyl groups is 1. The molecule has 4 fully saturated rings. The van der Waals surface area contributed by atoms with Crippen LogP contribution in [0, 0.1) is 18.8 Å². The molecule has 0 aliphatic heterocycles. The molecule has 19 heavy (non-hydrogen) atoms. The first-order chi connectivity index (χ1) is 8.98. The van der Waals surface area contributed by atoms with Crippen LogP contribution in [0.5, 0.6) is 0 Å². The molecule has 102 valence electrons. The number of nitrogen functional groups attached to an aromatic ring is 1. The first kappa shape index (κ1) is 11.8. The normalized spacial score (nSPS) is 43.7. The average molecular weight is 257 g/mol. The van der Waals surface area contributed by atoms with Gasteiger partial charge >= 0.3 is 0 Å². The number of nitrogens with two attached hydrogens (primary N) is 1. The molecule has 1 aromatic carbocycles. The van der Waals surface area contributed by atoms with Crippen molar-refractivity contribution in [3.05, 3.63) is 29.3 Å². The van der Waals surface area contributed by atoms with E-state index in [0.717, 1.165) is 42.3 Å². The fourth-order valence-electron chi connectivity index (χ4n) is 5.52. The van der Waals surface area contributed by atoms with E-state index in [-0.39, 0.29) is 11.0 Å². The highest BCUT2D eigenvalue weighted by atomic mass is 16.3. The lowest BCUT2D eigenvalue weighted by Crippen LogP contribution is -2.57. The number of hydrogen-bond donors (Lipinski definition) is 2. The summed E-state index contributed by atoms with van der Waals surface area (Å²) < 4.78 is 0. The Kier molecular flexibility index (Phi) is 2.20. The standard InChI is InChI=1S/C17H23NO/c1-11-2-3-14(5-15(11)18)16-6-12-4-13(7-16)9-17(19,8-12)10-16/h2-3,5,12-13,19H,4,6-10,18H2,1H3/t12-,13+,16?,17?. The van der Waals surface area contributed by atoms with Gasteiger partial charge in [-0.3, -0.25) is 0 Å². The highest BCUT2D eigenvalue weighted by molar-refractivity contribution is 5.50. The van der Waals surface area contributed by atoms with Crippen LogP contribution < -0.4 is 5.73 Å². The van der Waals surface area contributed by atoms with Crippen LogP contribution in [-0.4, -0.2) is 10.7 Å². The maximum absolute atomic E-state index is 10.8. The first-order valence-electron chi connectivity index (χ1n) is 7.57. The van der Waals surface area contributed by atoms with Crippen LogP contribution in [-0.2, 0) is 5.41 Å². The lowest BCUT2D eigenvalue weighted by atomic mass is 9.46. The number of rotatable bonds is 1. The minimum Gasteiger partial charge on any atom is -0.399 e. The summed E-state index contributed by atoms with van der Waals surface area (Å²) in [6.07, 6.45) is 6.88. The topological polar surface area (TPSA) is 46.2 Å². The molecule has 2 unspecified atom stereocenters. The highest BCUT2D eigenvalue weighted by Crippen LogP contribution is 2.62. The van der Waals surface area contributed by atoms with Gasteiger partial charge in [0.25, 0.3) is 0 Å². The second kappa shape index (κ2) is 3.54. The Balaban J connectivity index is 1.79. The van der Waals surface area contributed by atoms with Gasteiger partial charge in [-0.2, -0.15) is 0 Å². The summed E-state index contributed by atoms with van der Waals surface area (Å²) in [7, 11) is 0. The van der Waals surface area contributed by atoms with Crippen LogP contribution in [0.15, 0.2) is 18.2 Å². The summed E-state index contributed by atoms with van der Waals surface area (Å²) in [5.41, 5.74) is 9.37. The molecule has 4 aliphatic carbocycles. The fraction of sp³-hybridized carbons (Fsp3) is 0.647. The van der Waals surface area contributed by atoms with E-state index >= 15 is 0 Å². The van der Waals surface area contributed by atoms with Crippen molar-refractivity contribution in [3.8, 4) is 0 Å². The van der Waals surface area contributed by atoms with Crippen molar-refractivity contribution in [1.29, 1.82) is 0 Å². The summed E-state index contributed by atoms with van der Waals surface area (Å²) in [6.45, 7) is 2.06. The molecule has 0 spiro atoms. The number of benzene rings is 1. The second-order valence-electron chi connectivity index (χ2n) is 7.54. The fourth-order valence-corrected chi connectivity index (χ4v) is 5.52. The molecule has 2 heteroatoms. The maximum Gasteiger partial charge on any atom is 0.0661 e. The maximum atomic E-state index is 10.8. The molecule has 4 aliphatic rings. The lowest BCUT2D eigenvalue weighted by Gasteiger charge is -2.60. The van der Waals surface area contributed by atoms with Gasteiger partial charge in [-0.25, -0.2) is 0 Å². The van der Waals surface area contributed by atoms with Crippen molar-refractivity contribution >= 4 is 5.69 Å². The Bertz CT molecular complexity index is 522. The molecule has 0 heterocycles. The molecule has 4 atom stereocenters. The molecule has 0 radical (unpaired) electrons. The van der Waals surface area contributed by atoms with Gasteiger partial charge < -0.3 is 10.8 Å². The summed E-state index contributed by atoms with van der Waals surface area (Å²) in [4.78, 5) is 0. The van der Waals surface area contributed by atoms with Crippen LogP contribution in [0.2, 0.25) is 0 Å².